The minimum atomic E-state index is -0.987. The highest BCUT2D eigenvalue weighted by Crippen LogP contribution is 2.37. The van der Waals surface area contributed by atoms with Gasteiger partial charge in [-0.25, -0.2) is 13.6 Å². The Balaban J connectivity index is 2.12. The first-order valence-electron chi connectivity index (χ1n) is 8.77. The standard InChI is InChI=1S/C19H20BF2N3O4/c1-18(2)19(3,4)29-20(28-18)11-6-12(21)15(13(22)7-11)25-9-10(8-23)14(24)16(25)17(26)27-5/h6-7,9H,24H2,1-5H3. The Morgan fingerprint density at radius 1 is 1.21 bits per heavy atom. The van der Waals surface area contributed by atoms with Crippen LogP contribution < -0.4 is 11.2 Å². The van der Waals surface area contributed by atoms with Gasteiger partial charge in [-0.05, 0) is 45.3 Å². The van der Waals surface area contributed by atoms with E-state index in [1.54, 1.807) is 6.07 Å². The molecule has 2 aromatic rings. The van der Waals surface area contributed by atoms with Gasteiger partial charge in [0.15, 0.2) is 5.69 Å². The fraction of sp³-hybridized carbons (Fsp3) is 0.368. The van der Waals surface area contributed by atoms with Gasteiger partial charge in [0.1, 0.15) is 23.4 Å². The highest BCUT2D eigenvalue weighted by atomic mass is 19.1. The van der Waals surface area contributed by atoms with Gasteiger partial charge in [-0.2, -0.15) is 5.26 Å². The molecule has 0 bridgehead atoms. The molecule has 0 unspecified atom stereocenters. The first kappa shape index (κ1) is 20.8. The van der Waals surface area contributed by atoms with Gasteiger partial charge < -0.3 is 24.3 Å². The molecule has 1 fully saturated rings. The molecule has 1 saturated heterocycles. The van der Waals surface area contributed by atoms with Crippen LogP contribution in [0.5, 0.6) is 0 Å². The van der Waals surface area contributed by atoms with E-state index in [-0.39, 0.29) is 22.4 Å². The summed E-state index contributed by atoms with van der Waals surface area (Å²) in [6.45, 7) is 7.29. The second-order valence-corrected chi connectivity index (χ2v) is 7.70. The van der Waals surface area contributed by atoms with Crippen molar-refractivity contribution in [3.8, 4) is 11.8 Å². The average Bonchev–Trinajstić information content (AvgIpc) is 3.06. The minimum Gasteiger partial charge on any atom is -0.464 e. The van der Waals surface area contributed by atoms with Crippen LogP contribution in [0.2, 0.25) is 0 Å². The lowest BCUT2D eigenvalue weighted by molar-refractivity contribution is 0.00578. The lowest BCUT2D eigenvalue weighted by Gasteiger charge is -2.32. The van der Waals surface area contributed by atoms with Crippen LogP contribution in [-0.2, 0) is 14.0 Å². The maximum Gasteiger partial charge on any atom is 0.495 e. The average molecular weight is 403 g/mol. The van der Waals surface area contributed by atoms with Gasteiger partial charge in [0, 0.05) is 6.20 Å². The minimum absolute atomic E-state index is 0.112. The molecule has 3 rings (SSSR count). The highest BCUT2D eigenvalue weighted by Gasteiger charge is 2.52. The summed E-state index contributed by atoms with van der Waals surface area (Å²) in [5.41, 5.74) is 3.31. The van der Waals surface area contributed by atoms with E-state index in [1.807, 2.05) is 27.7 Å². The summed E-state index contributed by atoms with van der Waals surface area (Å²) in [5, 5.41) is 9.17. The maximum atomic E-state index is 15.0. The molecule has 7 nitrogen and oxygen atoms in total. The van der Waals surface area contributed by atoms with Gasteiger partial charge in [-0.3, -0.25) is 0 Å². The molecule has 0 saturated carbocycles. The molecule has 10 heteroatoms. The van der Waals surface area contributed by atoms with E-state index < -0.39 is 41.6 Å². The third-order valence-corrected chi connectivity index (χ3v) is 5.35. The van der Waals surface area contributed by atoms with Crippen LogP contribution in [0.4, 0.5) is 14.5 Å². The predicted molar refractivity (Wildman–Crippen MR) is 102 cm³/mol. The quantitative estimate of drug-likeness (QED) is 0.624. The molecule has 29 heavy (non-hydrogen) atoms. The smallest absolute Gasteiger partial charge is 0.464 e. The van der Waals surface area contributed by atoms with E-state index in [0.717, 1.165) is 30.0 Å². The van der Waals surface area contributed by atoms with Gasteiger partial charge in [-0.15, -0.1) is 0 Å². The zero-order valence-electron chi connectivity index (χ0n) is 16.7. The number of carbonyl (C=O) groups is 1. The van der Waals surface area contributed by atoms with Gasteiger partial charge in [0.25, 0.3) is 0 Å². The number of methoxy groups -OCH3 is 1. The zero-order valence-corrected chi connectivity index (χ0v) is 16.7. The summed E-state index contributed by atoms with van der Waals surface area (Å²) < 4.78 is 47.1. The normalized spacial score (nSPS) is 17.2. The van der Waals surface area contributed by atoms with E-state index in [4.69, 9.17) is 20.3 Å². The Bertz CT molecular complexity index is 1000. The Hall–Kier alpha value is -2.90. The number of rotatable bonds is 3. The van der Waals surface area contributed by atoms with Gasteiger partial charge in [-0.1, -0.05) is 0 Å². The van der Waals surface area contributed by atoms with Crippen LogP contribution >= 0.6 is 0 Å². The van der Waals surface area contributed by atoms with E-state index in [0.29, 0.717) is 0 Å². The lowest BCUT2D eigenvalue weighted by atomic mass is 9.79. The van der Waals surface area contributed by atoms with Crippen LogP contribution in [0.15, 0.2) is 18.3 Å². The number of aromatic nitrogens is 1. The Morgan fingerprint density at radius 3 is 2.17 bits per heavy atom. The molecule has 1 aromatic heterocycles. The van der Waals surface area contributed by atoms with Crippen LogP contribution in [-0.4, -0.2) is 36.0 Å². The Labute approximate surface area is 167 Å². The number of ether oxygens (including phenoxy) is 1. The van der Waals surface area contributed by atoms with Crippen molar-refractivity contribution in [3.63, 3.8) is 0 Å². The molecule has 0 spiro atoms. The van der Waals surface area contributed by atoms with Crippen molar-refractivity contribution in [3.05, 3.63) is 41.2 Å². The van der Waals surface area contributed by atoms with Crippen LogP contribution in [0.3, 0.4) is 0 Å². The van der Waals surface area contributed by atoms with Crippen molar-refractivity contribution in [1.29, 1.82) is 5.26 Å². The van der Waals surface area contributed by atoms with Crippen LogP contribution in [0.25, 0.3) is 5.69 Å². The van der Waals surface area contributed by atoms with Crippen molar-refractivity contribution < 1.29 is 27.6 Å². The number of esters is 1. The maximum absolute atomic E-state index is 15.0. The zero-order chi connectivity index (χ0) is 21.7. The second-order valence-electron chi connectivity index (χ2n) is 7.70. The number of halogens is 2. The topological polar surface area (TPSA) is 99.5 Å². The monoisotopic (exact) mass is 403 g/mol. The predicted octanol–water partition coefficient (Wildman–Crippen LogP) is 2.30. The van der Waals surface area contributed by atoms with E-state index >= 15 is 0 Å². The van der Waals surface area contributed by atoms with E-state index in [9.17, 15) is 13.6 Å². The molecule has 0 amide bonds. The Morgan fingerprint density at radius 2 is 1.72 bits per heavy atom. The number of nitrogen functional groups attached to an aromatic ring is 1. The SMILES string of the molecule is COC(=O)c1c(N)c(C#N)cn1-c1c(F)cc(B2OC(C)(C)C(C)(C)O2)cc1F. The highest BCUT2D eigenvalue weighted by molar-refractivity contribution is 6.62. The fourth-order valence-corrected chi connectivity index (χ4v) is 3.02. The number of hydrogen-bond acceptors (Lipinski definition) is 6. The number of nitrogens with zero attached hydrogens (tertiary/aromatic N) is 2. The third kappa shape index (κ3) is 3.26. The first-order chi connectivity index (χ1) is 13.4. The molecule has 1 aromatic carbocycles. The fourth-order valence-electron chi connectivity index (χ4n) is 3.02. The van der Waals surface area contributed by atoms with E-state index in [1.165, 1.54) is 0 Å². The molecular formula is C19H20BF2N3O4. The molecule has 2 heterocycles. The van der Waals surface area contributed by atoms with Crippen molar-refractivity contribution in [2.75, 3.05) is 12.8 Å². The summed E-state index contributed by atoms with van der Waals surface area (Å²) in [5.74, 6) is -2.91. The Kier molecular flexibility index (Phi) is 4.93. The van der Waals surface area contributed by atoms with Crippen molar-refractivity contribution in [2.24, 2.45) is 0 Å². The largest absolute Gasteiger partial charge is 0.495 e. The van der Waals surface area contributed by atoms with Crippen molar-refractivity contribution in [2.45, 2.75) is 38.9 Å². The summed E-state index contributed by atoms with van der Waals surface area (Å²) in [4.78, 5) is 12.1. The number of nitriles is 1. The molecule has 2 N–H and O–H groups in total. The molecule has 0 radical (unpaired) electrons. The summed E-state index contributed by atoms with van der Waals surface area (Å²) in [7, 11) is 0.127. The van der Waals surface area contributed by atoms with Gasteiger partial charge >= 0.3 is 13.1 Å². The first-order valence-corrected chi connectivity index (χ1v) is 8.77. The summed E-state index contributed by atoms with van der Waals surface area (Å²) in [6.07, 6.45) is 1.08. The number of hydrogen-bond donors (Lipinski definition) is 1. The molecular weight excluding hydrogens is 383 g/mol. The molecule has 1 aliphatic rings. The van der Waals surface area contributed by atoms with Gasteiger partial charge in [0.2, 0.25) is 0 Å². The van der Waals surface area contributed by atoms with Crippen LogP contribution in [0.1, 0.15) is 43.7 Å². The lowest BCUT2D eigenvalue weighted by Crippen LogP contribution is -2.41. The second kappa shape index (κ2) is 6.86. The van der Waals surface area contributed by atoms with Crippen LogP contribution in [0, 0.1) is 23.0 Å². The summed E-state index contributed by atoms with van der Waals surface area (Å²) in [6, 6.07) is 3.90. The van der Waals surface area contributed by atoms with E-state index in [2.05, 4.69) is 4.74 Å². The molecule has 0 aliphatic carbocycles. The summed E-state index contributed by atoms with van der Waals surface area (Å²) >= 11 is 0. The molecule has 152 valence electrons. The number of anilines is 1. The molecule has 0 atom stereocenters. The van der Waals surface area contributed by atoms with Gasteiger partial charge in [0.05, 0.1) is 29.6 Å². The number of nitrogens with two attached hydrogens (primary N) is 1. The van der Waals surface area contributed by atoms with Crippen molar-refractivity contribution in [1.82, 2.24) is 4.57 Å². The third-order valence-electron chi connectivity index (χ3n) is 5.35. The molecule has 1 aliphatic heterocycles. The van der Waals surface area contributed by atoms with Crippen molar-refractivity contribution >= 4 is 24.2 Å². The number of benzene rings is 1. The number of carbonyl (C=O) groups excluding carboxylic acids is 1.